The number of ether oxygens (including phenoxy) is 2. The Bertz CT molecular complexity index is 1480. The van der Waals surface area contributed by atoms with Gasteiger partial charge in [0.15, 0.2) is 11.5 Å². The fourth-order valence-corrected chi connectivity index (χ4v) is 4.73. The van der Waals surface area contributed by atoms with Gasteiger partial charge in [-0.3, -0.25) is 0 Å². The van der Waals surface area contributed by atoms with Gasteiger partial charge in [0.05, 0.1) is 18.6 Å². The smallest absolute Gasteiger partial charge is 0.231 e. The third-order valence-corrected chi connectivity index (χ3v) is 6.63. The molecular weight excluding hydrogens is 458 g/mol. The summed E-state index contributed by atoms with van der Waals surface area (Å²) in [5.74, 6) is 1.52. The standard InChI is InChI=1S/C32H32N3O2/c1-4-35(18-8-17-34)27-12-14-29(24(3)20-27)32(26-11-15-30-31(21-26)37-22-36-30)28-13-10-25(19-23(28)2)9-6-5-7-16-33/h6,9-15,19-21H,4-5,7-8,18,22H2,1-3H3. The van der Waals surface area contributed by atoms with Gasteiger partial charge in [0.2, 0.25) is 6.79 Å². The van der Waals surface area contributed by atoms with Crippen LogP contribution in [0.3, 0.4) is 0 Å². The summed E-state index contributed by atoms with van der Waals surface area (Å²) in [6, 6.07) is 23.6. The molecule has 1 aliphatic rings. The van der Waals surface area contributed by atoms with E-state index >= 15 is 0 Å². The molecular formula is C32H32N3O2. The maximum Gasteiger partial charge on any atom is 0.231 e. The first kappa shape index (κ1) is 25.9. The highest BCUT2D eigenvalue weighted by Crippen LogP contribution is 2.36. The highest BCUT2D eigenvalue weighted by Gasteiger charge is 2.18. The fraction of sp³-hybridized carbons (Fsp3) is 0.281. The lowest BCUT2D eigenvalue weighted by atomic mass is 9.90. The first-order chi connectivity index (χ1) is 18.0. The number of fused-ring (bicyclic) bond motifs is 1. The van der Waals surface area contributed by atoms with E-state index in [0.29, 0.717) is 19.4 Å². The van der Waals surface area contributed by atoms with Gasteiger partial charge >= 0.3 is 0 Å². The molecule has 37 heavy (non-hydrogen) atoms. The molecule has 5 nitrogen and oxygen atoms in total. The number of nitriles is 2. The number of anilines is 1. The lowest BCUT2D eigenvalue weighted by Crippen LogP contribution is -2.23. The Morgan fingerprint density at radius 3 is 2.46 bits per heavy atom. The van der Waals surface area contributed by atoms with Crippen molar-refractivity contribution in [3.63, 3.8) is 0 Å². The quantitative estimate of drug-likeness (QED) is 0.380. The van der Waals surface area contributed by atoms with Crippen LogP contribution in [-0.2, 0) is 0 Å². The second-order valence-electron chi connectivity index (χ2n) is 9.10. The summed E-state index contributed by atoms with van der Waals surface area (Å²) in [5.41, 5.74) is 6.82. The van der Waals surface area contributed by atoms with Gasteiger partial charge in [-0.05, 0) is 96.1 Å². The summed E-state index contributed by atoms with van der Waals surface area (Å²) >= 11 is 0. The summed E-state index contributed by atoms with van der Waals surface area (Å²) in [7, 11) is 0. The molecule has 1 heterocycles. The summed E-state index contributed by atoms with van der Waals surface area (Å²) in [6.07, 6.45) is 5.90. The summed E-state index contributed by atoms with van der Waals surface area (Å²) < 4.78 is 11.3. The van der Waals surface area contributed by atoms with Crippen LogP contribution in [0.25, 0.3) is 11.6 Å². The number of hydrogen-bond donors (Lipinski definition) is 0. The van der Waals surface area contributed by atoms with E-state index in [4.69, 9.17) is 20.0 Å². The molecule has 0 saturated carbocycles. The lowest BCUT2D eigenvalue weighted by molar-refractivity contribution is 0.174. The van der Waals surface area contributed by atoms with Crippen molar-refractivity contribution in [1.82, 2.24) is 0 Å². The molecule has 0 saturated heterocycles. The SMILES string of the molecule is CCN(CCC#N)c1ccc(C(c2ccc3c(c2)OCO3)=c2ccc(=C[CH]CCC#N)cc2C)c(C)c1. The average molecular weight is 491 g/mol. The zero-order chi connectivity index (χ0) is 26.2. The van der Waals surface area contributed by atoms with E-state index in [0.717, 1.165) is 57.3 Å². The van der Waals surface area contributed by atoms with Gasteiger partial charge in [-0.2, -0.15) is 10.5 Å². The largest absolute Gasteiger partial charge is 0.454 e. The van der Waals surface area contributed by atoms with Gasteiger partial charge in [-0.15, -0.1) is 0 Å². The Morgan fingerprint density at radius 2 is 1.73 bits per heavy atom. The number of benzene rings is 3. The van der Waals surface area contributed by atoms with Gasteiger partial charge in [0.25, 0.3) is 0 Å². The van der Waals surface area contributed by atoms with E-state index < -0.39 is 0 Å². The first-order valence-electron chi connectivity index (χ1n) is 12.7. The number of aryl methyl sites for hydroxylation is 2. The van der Waals surface area contributed by atoms with Gasteiger partial charge < -0.3 is 14.4 Å². The van der Waals surface area contributed by atoms with Crippen molar-refractivity contribution in [2.75, 3.05) is 24.8 Å². The molecule has 0 atom stereocenters. The Balaban J connectivity index is 1.85. The van der Waals surface area contributed by atoms with Crippen molar-refractivity contribution < 1.29 is 9.47 Å². The number of hydrogen-bond acceptors (Lipinski definition) is 5. The van der Waals surface area contributed by atoms with Gasteiger partial charge in [0.1, 0.15) is 0 Å². The van der Waals surface area contributed by atoms with Crippen LogP contribution < -0.4 is 24.8 Å². The third-order valence-electron chi connectivity index (χ3n) is 6.63. The molecule has 187 valence electrons. The summed E-state index contributed by atoms with van der Waals surface area (Å²) in [4.78, 5) is 2.24. The van der Waals surface area contributed by atoms with Crippen LogP contribution >= 0.6 is 0 Å². The fourth-order valence-electron chi connectivity index (χ4n) is 4.73. The molecule has 0 bridgehead atoms. The molecule has 5 heteroatoms. The second kappa shape index (κ2) is 12.2. The molecule has 0 unspecified atom stereocenters. The van der Waals surface area contributed by atoms with Crippen LogP contribution in [0.5, 0.6) is 11.5 Å². The molecule has 1 aliphatic heterocycles. The van der Waals surface area contributed by atoms with Crippen LogP contribution in [0.4, 0.5) is 5.69 Å². The minimum absolute atomic E-state index is 0.239. The van der Waals surface area contributed by atoms with Gasteiger partial charge in [-0.1, -0.05) is 36.4 Å². The van der Waals surface area contributed by atoms with Crippen molar-refractivity contribution in [2.24, 2.45) is 0 Å². The summed E-state index contributed by atoms with van der Waals surface area (Å²) in [6.45, 7) is 8.20. The highest BCUT2D eigenvalue weighted by atomic mass is 16.7. The molecule has 4 rings (SSSR count). The van der Waals surface area contributed by atoms with Crippen LogP contribution in [0.2, 0.25) is 0 Å². The number of rotatable bonds is 9. The van der Waals surface area contributed by atoms with E-state index in [2.05, 4.69) is 98.8 Å². The highest BCUT2D eigenvalue weighted by molar-refractivity contribution is 5.83. The van der Waals surface area contributed by atoms with Crippen molar-refractivity contribution in [2.45, 2.75) is 40.0 Å². The van der Waals surface area contributed by atoms with E-state index in [1.165, 1.54) is 11.1 Å². The molecule has 1 radical (unpaired) electrons. The van der Waals surface area contributed by atoms with E-state index in [1.54, 1.807) is 0 Å². The van der Waals surface area contributed by atoms with Crippen molar-refractivity contribution >= 4 is 17.3 Å². The Hall–Kier alpha value is -4.22. The monoisotopic (exact) mass is 490 g/mol. The maximum absolute atomic E-state index is 9.05. The van der Waals surface area contributed by atoms with Crippen LogP contribution in [0.15, 0.2) is 54.6 Å². The number of unbranched alkanes of at least 4 members (excludes halogenated alkanes) is 2. The zero-order valence-electron chi connectivity index (χ0n) is 21.8. The molecule has 3 aromatic rings. The summed E-state index contributed by atoms with van der Waals surface area (Å²) in [5, 5.41) is 20.1. The molecule has 3 aromatic carbocycles. The normalized spacial score (nSPS) is 13.2. The molecule has 0 N–H and O–H groups in total. The minimum Gasteiger partial charge on any atom is -0.454 e. The molecule has 0 aromatic heterocycles. The Labute approximate surface area is 219 Å². The van der Waals surface area contributed by atoms with Crippen molar-refractivity contribution in [1.29, 1.82) is 10.5 Å². The van der Waals surface area contributed by atoms with Crippen LogP contribution in [0.1, 0.15) is 48.4 Å². The predicted octanol–water partition coefficient (Wildman–Crippen LogP) is 5.31. The van der Waals surface area contributed by atoms with E-state index in [1.807, 2.05) is 6.07 Å². The molecule has 0 fully saturated rings. The van der Waals surface area contributed by atoms with Crippen LogP contribution in [0, 0.1) is 42.9 Å². The maximum atomic E-state index is 9.05. The number of nitrogens with zero attached hydrogens (tertiary/aromatic N) is 3. The van der Waals surface area contributed by atoms with E-state index in [9.17, 15) is 0 Å². The van der Waals surface area contributed by atoms with Crippen molar-refractivity contribution in [3.05, 3.63) is 93.7 Å². The average Bonchev–Trinajstić information content (AvgIpc) is 3.37. The van der Waals surface area contributed by atoms with Gasteiger partial charge in [-0.25, -0.2) is 0 Å². The second-order valence-corrected chi connectivity index (χ2v) is 9.10. The third kappa shape index (κ3) is 5.96. The molecule has 0 spiro atoms. The molecule has 0 aliphatic carbocycles. The lowest BCUT2D eigenvalue weighted by Gasteiger charge is -2.23. The van der Waals surface area contributed by atoms with Gasteiger partial charge in [0, 0.05) is 25.2 Å². The molecule has 0 amide bonds. The van der Waals surface area contributed by atoms with Crippen LogP contribution in [-0.4, -0.2) is 19.9 Å². The Kier molecular flexibility index (Phi) is 8.49. The first-order valence-corrected chi connectivity index (χ1v) is 12.7. The predicted molar refractivity (Wildman–Crippen MR) is 148 cm³/mol. The topological polar surface area (TPSA) is 69.3 Å². The Morgan fingerprint density at radius 1 is 0.919 bits per heavy atom. The minimum atomic E-state index is 0.239. The van der Waals surface area contributed by atoms with Crippen molar-refractivity contribution in [3.8, 4) is 23.6 Å². The zero-order valence-corrected chi connectivity index (χ0v) is 21.8. The van der Waals surface area contributed by atoms with E-state index in [-0.39, 0.29) is 6.79 Å².